The number of nitrogens with one attached hydrogen (secondary N) is 1. The van der Waals surface area contributed by atoms with Crippen molar-refractivity contribution in [3.63, 3.8) is 0 Å². The Morgan fingerprint density at radius 2 is 1.83 bits per heavy atom. The van der Waals surface area contributed by atoms with Crippen molar-refractivity contribution in [2.75, 3.05) is 22.9 Å². The predicted molar refractivity (Wildman–Crippen MR) is 123 cm³/mol. The summed E-state index contributed by atoms with van der Waals surface area (Å²) < 4.78 is 25.9. The third-order valence-corrected chi connectivity index (χ3v) is 6.82. The molecule has 0 saturated carbocycles. The predicted octanol–water partition coefficient (Wildman–Crippen LogP) is 4.59. The summed E-state index contributed by atoms with van der Waals surface area (Å²) in [7, 11) is -3.67. The van der Waals surface area contributed by atoms with Gasteiger partial charge in [-0.2, -0.15) is 11.8 Å². The molecule has 1 atom stereocenters. The first-order valence-electron chi connectivity index (χ1n) is 9.07. The van der Waals surface area contributed by atoms with Crippen LogP contribution in [0, 0.1) is 0 Å². The van der Waals surface area contributed by atoms with E-state index in [0.29, 0.717) is 34.5 Å². The fourth-order valence-electron chi connectivity index (χ4n) is 2.81. The van der Waals surface area contributed by atoms with Gasteiger partial charge in [-0.05, 0) is 42.3 Å². The number of carbonyl (C=O) groups is 1. The van der Waals surface area contributed by atoms with Gasteiger partial charge in [0.05, 0.1) is 11.9 Å². The molecule has 29 heavy (non-hydrogen) atoms. The number of amides is 1. The Labute approximate surface area is 186 Å². The van der Waals surface area contributed by atoms with Crippen molar-refractivity contribution >= 4 is 56.6 Å². The second-order valence-corrected chi connectivity index (χ2v) is 10.3. The molecule has 0 spiro atoms. The normalized spacial score (nSPS) is 12.4. The highest BCUT2D eigenvalue weighted by molar-refractivity contribution is 7.98. The van der Waals surface area contributed by atoms with Gasteiger partial charge in [-0.3, -0.25) is 9.10 Å². The highest BCUT2D eigenvalue weighted by Gasteiger charge is 2.31. The Morgan fingerprint density at radius 3 is 2.41 bits per heavy atom. The molecule has 158 valence electrons. The molecule has 0 unspecified atom stereocenters. The zero-order chi connectivity index (χ0) is 21.4. The average molecular weight is 475 g/mol. The fraction of sp³-hybridized carbons (Fsp3) is 0.350. The quantitative estimate of drug-likeness (QED) is 0.511. The van der Waals surface area contributed by atoms with Gasteiger partial charge in [-0.1, -0.05) is 48.3 Å². The maximum Gasteiger partial charge on any atom is 0.243 e. The topological polar surface area (TPSA) is 66.5 Å². The van der Waals surface area contributed by atoms with Crippen molar-refractivity contribution in [2.45, 2.75) is 25.1 Å². The first-order chi connectivity index (χ1) is 13.7. The third kappa shape index (κ3) is 7.41. The summed E-state index contributed by atoms with van der Waals surface area (Å²) >= 11 is 13.6. The summed E-state index contributed by atoms with van der Waals surface area (Å²) in [6, 6.07) is 13.3. The third-order valence-electron chi connectivity index (χ3n) is 4.12. The molecule has 1 N–H and O–H groups in total. The Bertz CT molecular complexity index is 922. The van der Waals surface area contributed by atoms with Crippen LogP contribution in [0.5, 0.6) is 0 Å². The number of sulfonamides is 1. The first-order valence-corrected chi connectivity index (χ1v) is 12.8. The van der Waals surface area contributed by atoms with Crippen LogP contribution in [-0.4, -0.2) is 38.9 Å². The number of hydrogen-bond acceptors (Lipinski definition) is 4. The molecule has 9 heteroatoms. The summed E-state index contributed by atoms with van der Waals surface area (Å²) in [5.41, 5.74) is 1.53. The smallest absolute Gasteiger partial charge is 0.243 e. The minimum Gasteiger partial charge on any atom is -0.353 e. The van der Waals surface area contributed by atoms with E-state index in [1.165, 1.54) is 0 Å². The van der Waals surface area contributed by atoms with Gasteiger partial charge >= 0.3 is 0 Å². The Balaban J connectivity index is 1.96. The van der Waals surface area contributed by atoms with Crippen LogP contribution in [0.25, 0.3) is 0 Å². The lowest BCUT2D eigenvalue weighted by atomic mass is 10.2. The van der Waals surface area contributed by atoms with Gasteiger partial charge in [0.15, 0.2) is 0 Å². The van der Waals surface area contributed by atoms with Crippen LogP contribution in [0.2, 0.25) is 10.0 Å². The van der Waals surface area contributed by atoms with E-state index in [1.807, 2.05) is 24.3 Å². The number of nitrogens with zero attached hydrogens (tertiary/aromatic N) is 1. The molecule has 0 aliphatic carbocycles. The second kappa shape index (κ2) is 11.1. The average Bonchev–Trinajstić information content (AvgIpc) is 2.66. The summed E-state index contributed by atoms with van der Waals surface area (Å²) in [6.45, 7) is 2.23. The lowest BCUT2D eigenvalue weighted by Gasteiger charge is -2.30. The lowest BCUT2D eigenvalue weighted by molar-refractivity contribution is -0.122. The zero-order valence-corrected chi connectivity index (χ0v) is 19.4. The fourth-order valence-corrected chi connectivity index (χ4v) is 5.14. The zero-order valence-electron chi connectivity index (χ0n) is 16.3. The molecule has 2 aromatic carbocycles. The van der Waals surface area contributed by atoms with E-state index in [0.717, 1.165) is 21.9 Å². The number of thioether (sulfide) groups is 1. The minimum absolute atomic E-state index is 0.329. The van der Waals surface area contributed by atoms with E-state index >= 15 is 0 Å². The Kier molecular flexibility index (Phi) is 9.14. The molecule has 0 bridgehead atoms. The SMILES string of the molecule is CC[C@H](C(=O)NCCSCc1ccc(Cl)cc1)N(c1cccc(Cl)c1)S(C)(=O)=O. The minimum atomic E-state index is -3.67. The molecule has 0 heterocycles. The molecule has 0 aromatic heterocycles. The summed E-state index contributed by atoms with van der Waals surface area (Å²) in [5.74, 6) is 1.19. The molecular weight excluding hydrogens is 451 g/mol. The number of benzene rings is 2. The van der Waals surface area contributed by atoms with Crippen LogP contribution in [-0.2, 0) is 20.6 Å². The van der Waals surface area contributed by atoms with Gasteiger partial charge in [-0.25, -0.2) is 8.42 Å². The Hall–Kier alpha value is -1.41. The Morgan fingerprint density at radius 1 is 1.14 bits per heavy atom. The van der Waals surface area contributed by atoms with Crippen LogP contribution in [0.4, 0.5) is 5.69 Å². The lowest BCUT2D eigenvalue weighted by Crippen LogP contribution is -2.49. The number of anilines is 1. The van der Waals surface area contributed by atoms with Crippen molar-refractivity contribution in [1.82, 2.24) is 5.32 Å². The van der Waals surface area contributed by atoms with Gasteiger partial charge in [0.2, 0.25) is 15.9 Å². The standard InChI is InChI=1S/C20H24Cl2N2O3S2/c1-3-19(24(29(2,26)27)18-6-4-5-17(22)13-18)20(25)23-11-12-28-14-15-7-9-16(21)10-8-15/h4-10,13,19H,3,11-12,14H2,1-2H3,(H,23,25)/t19-/m1/s1. The number of rotatable bonds is 10. The molecule has 2 rings (SSSR count). The second-order valence-electron chi connectivity index (χ2n) is 6.43. The van der Waals surface area contributed by atoms with Crippen molar-refractivity contribution in [3.05, 3.63) is 64.1 Å². The monoisotopic (exact) mass is 474 g/mol. The number of hydrogen-bond donors (Lipinski definition) is 1. The van der Waals surface area contributed by atoms with Gasteiger partial charge in [0.1, 0.15) is 6.04 Å². The number of halogens is 2. The van der Waals surface area contributed by atoms with E-state index in [9.17, 15) is 13.2 Å². The molecule has 2 aromatic rings. The molecule has 1 amide bonds. The summed E-state index contributed by atoms with van der Waals surface area (Å²) in [4.78, 5) is 12.7. The van der Waals surface area contributed by atoms with E-state index < -0.39 is 16.1 Å². The molecule has 0 aliphatic rings. The molecule has 0 saturated heterocycles. The largest absolute Gasteiger partial charge is 0.353 e. The van der Waals surface area contributed by atoms with Crippen LogP contribution < -0.4 is 9.62 Å². The highest BCUT2D eigenvalue weighted by atomic mass is 35.5. The molecular formula is C20H24Cl2N2O3S2. The van der Waals surface area contributed by atoms with Gasteiger partial charge < -0.3 is 5.32 Å². The molecule has 0 fully saturated rings. The van der Waals surface area contributed by atoms with E-state index in [1.54, 1.807) is 43.0 Å². The summed E-state index contributed by atoms with van der Waals surface area (Å²) in [6.07, 6.45) is 1.43. The van der Waals surface area contributed by atoms with E-state index in [4.69, 9.17) is 23.2 Å². The van der Waals surface area contributed by atoms with Crippen molar-refractivity contribution in [1.29, 1.82) is 0 Å². The van der Waals surface area contributed by atoms with Crippen molar-refractivity contribution in [3.8, 4) is 0 Å². The first kappa shape index (κ1) is 23.9. The molecule has 0 radical (unpaired) electrons. The van der Waals surface area contributed by atoms with Crippen molar-refractivity contribution < 1.29 is 13.2 Å². The van der Waals surface area contributed by atoms with Gasteiger partial charge in [-0.15, -0.1) is 0 Å². The molecule has 0 aliphatic heterocycles. The van der Waals surface area contributed by atoms with Crippen LogP contribution in [0.15, 0.2) is 48.5 Å². The van der Waals surface area contributed by atoms with E-state index in [2.05, 4.69) is 5.32 Å². The maximum atomic E-state index is 12.7. The summed E-state index contributed by atoms with van der Waals surface area (Å²) in [5, 5.41) is 3.95. The molecule has 5 nitrogen and oxygen atoms in total. The maximum absolute atomic E-state index is 12.7. The number of carbonyl (C=O) groups excluding carboxylic acids is 1. The van der Waals surface area contributed by atoms with Crippen LogP contribution in [0.3, 0.4) is 0 Å². The van der Waals surface area contributed by atoms with Crippen LogP contribution >= 0.6 is 35.0 Å². The van der Waals surface area contributed by atoms with Crippen molar-refractivity contribution in [2.24, 2.45) is 0 Å². The van der Waals surface area contributed by atoms with Gasteiger partial charge in [0.25, 0.3) is 0 Å². The van der Waals surface area contributed by atoms with Gasteiger partial charge in [0, 0.05) is 28.1 Å². The van der Waals surface area contributed by atoms with E-state index in [-0.39, 0.29) is 5.91 Å². The van der Waals surface area contributed by atoms with Crippen LogP contribution in [0.1, 0.15) is 18.9 Å². The highest BCUT2D eigenvalue weighted by Crippen LogP contribution is 2.25.